The van der Waals surface area contributed by atoms with Crippen LogP contribution < -0.4 is 11.1 Å². The van der Waals surface area contributed by atoms with Gasteiger partial charge in [0, 0.05) is 5.69 Å². The van der Waals surface area contributed by atoms with E-state index in [1.165, 1.54) is 0 Å². The van der Waals surface area contributed by atoms with Crippen LogP contribution in [-0.2, 0) is 0 Å². The second kappa shape index (κ2) is 5.07. The minimum atomic E-state index is -0.649. The molecule has 0 saturated heterocycles. The number of hydrogen-bond donors (Lipinski definition) is 2. The smallest absolute Gasteiger partial charge is 0.353 e. The highest BCUT2D eigenvalue weighted by atomic mass is 35.5. The zero-order valence-electron chi connectivity index (χ0n) is 9.92. The van der Waals surface area contributed by atoms with E-state index in [1.807, 2.05) is 25.1 Å². The van der Waals surface area contributed by atoms with E-state index in [0.29, 0.717) is 5.69 Å². The molecular formula is C11H10ClN5O2. The van der Waals surface area contributed by atoms with Crippen molar-refractivity contribution in [3.63, 3.8) is 0 Å². The quantitative estimate of drug-likeness (QED) is 0.508. The number of nitro groups is 1. The minimum Gasteiger partial charge on any atom is -0.378 e. The summed E-state index contributed by atoms with van der Waals surface area (Å²) in [6.07, 6.45) is 0. The van der Waals surface area contributed by atoms with Gasteiger partial charge < -0.3 is 11.1 Å². The highest BCUT2D eigenvalue weighted by Crippen LogP contribution is 2.31. The summed E-state index contributed by atoms with van der Waals surface area (Å²) in [6, 6.07) is 7.29. The Morgan fingerprint density at radius 3 is 2.79 bits per heavy atom. The zero-order valence-corrected chi connectivity index (χ0v) is 10.7. The van der Waals surface area contributed by atoms with E-state index in [1.54, 1.807) is 6.07 Å². The second-order valence-electron chi connectivity index (χ2n) is 3.83. The van der Waals surface area contributed by atoms with Gasteiger partial charge in [0.2, 0.25) is 16.9 Å². The van der Waals surface area contributed by atoms with Gasteiger partial charge in [0.05, 0.1) is 4.92 Å². The first-order valence-electron chi connectivity index (χ1n) is 5.28. The van der Waals surface area contributed by atoms with Crippen LogP contribution in [0.3, 0.4) is 0 Å². The molecule has 0 spiro atoms. The largest absolute Gasteiger partial charge is 0.378 e. The average Bonchev–Trinajstić information content (AvgIpc) is 2.26. The summed E-state index contributed by atoms with van der Waals surface area (Å²) in [5, 5.41) is 13.6. The number of aromatic nitrogens is 2. The number of anilines is 3. The summed E-state index contributed by atoms with van der Waals surface area (Å²) in [4.78, 5) is 17.7. The summed E-state index contributed by atoms with van der Waals surface area (Å²) < 4.78 is 0. The Morgan fingerprint density at radius 2 is 2.16 bits per heavy atom. The molecule has 0 unspecified atom stereocenters. The molecule has 0 saturated carbocycles. The van der Waals surface area contributed by atoms with E-state index >= 15 is 0 Å². The molecule has 0 fully saturated rings. The molecule has 2 rings (SSSR count). The van der Waals surface area contributed by atoms with E-state index in [4.69, 9.17) is 17.3 Å². The number of nitrogens with two attached hydrogens (primary N) is 1. The zero-order chi connectivity index (χ0) is 14.0. The van der Waals surface area contributed by atoms with Gasteiger partial charge in [-0.25, -0.2) is 0 Å². The molecule has 0 aliphatic carbocycles. The monoisotopic (exact) mass is 279 g/mol. The van der Waals surface area contributed by atoms with Crippen LogP contribution in [0, 0.1) is 17.0 Å². The molecule has 98 valence electrons. The van der Waals surface area contributed by atoms with Crippen molar-refractivity contribution < 1.29 is 4.92 Å². The highest BCUT2D eigenvalue weighted by molar-refractivity contribution is 6.28. The molecule has 0 radical (unpaired) electrons. The molecule has 0 atom stereocenters. The molecule has 0 bridgehead atoms. The first-order valence-corrected chi connectivity index (χ1v) is 5.66. The van der Waals surface area contributed by atoms with Gasteiger partial charge in [0.1, 0.15) is 0 Å². The first kappa shape index (κ1) is 13.0. The lowest BCUT2D eigenvalue weighted by Crippen LogP contribution is -2.06. The van der Waals surface area contributed by atoms with Gasteiger partial charge in [0.25, 0.3) is 0 Å². The fraction of sp³-hybridized carbons (Fsp3) is 0.0909. The van der Waals surface area contributed by atoms with Crippen LogP contribution >= 0.6 is 11.6 Å². The summed E-state index contributed by atoms with van der Waals surface area (Å²) in [5.41, 5.74) is 6.74. The van der Waals surface area contributed by atoms with E-state index in [9.17, 15) is 10.1 Å². The van der Waals surface area contributed by atoms with Crippen molar-refractivity contribution >= 4 is 34.6 Å². The van der Waals surface area contributed by atoms with Gasteiger partial charge >= 0.3 is 5.69 Å². The normalized spacial score (nSPS) is 10.2. The van der Waals surface area contributed by atoms with Crippen LogP contribution in [0.2, 0.25) is 5.28 Å². The number of aryl methyl sites for hydroxylation is 1. The topological polar surface area (TPSA) is 107 Å². The second-order valence-corrected chi connectivity index (χ2v) is 4.16. The molecule has 0 aliphatic heterocycles. The fourth-order valence-corrected chi connectivity index (χ4v) is 1.75. The van der Waals surface area contributed by atoms with Crippen LogP contribution in [0.5, 0.6) is 0 Å². The Bertz CT molecular complexity index is 647. The lowest BCUT2D eigenvalue weighted by molar-refractivity contribution is -0.383. The Balaban J connectivity index is 2.47. The van der Waals surface area contributed by atoms with Crippen molar-refractivity contribution in [1.29, 1.82) is 0 Å². The maximum absolute atomic E-state index is 11.0. The van der Waals surface area contributed by atoms with E-state index in [2.05, 4.69) is 15.3 Å². The number of rotatable bonds is 3. The predicted octanol–water partition coefficient (Wildman–Crippen LogP) is 2.67. The van der Waals surface area contributed by atoms with Gasteiger partial charge in [-0.05, 0) is 36.2 Å². The standard InChI is InChI=1S/C11H10ClN5O2/c1-6-3-2-4-7(5-6)14-10-8(17(18)19)9(13)15-11(12)16-10/h2-5H,1H3,(H3,13,14,15,16). The SMILES string of the molecule is Cc1cccc(Nc2nc(Cl)nc(N)c2[N+](=O)[O-])c1. The van der Waals surface area contributed by atoms with Crippen molar-refractivity contribution in [2.45, 2.75) is 6.92 Å². The van der Waals surface area contributed by atoms with Crippen LogP contribution in [0.1, 0.15) is 5.56 Å². The van der Waals surface area contributed by atoms with E-state index in [0.717, 1.165) is 5.56 Å². The summed E-state index contributed by atoms with van der Waals surface area (Å²) in [5.74, 6) is -0.312. The Labute approximate surface area is 113 Å². The number of halogens is 1. The molecule has 1 aromatic carbocycles. The van der Waals surface area contributed by atoms with Gasteiger partial charge in [0.15, 0.2) is 0 Å². The number of hydrogen-bond acceptors (Lipinski definition) is 6. The summed E-state index contributed by atoms with van der Waals surface area (Å²) >= 11 is 5.66. The predicted molar refractivity (Wildman–Crippen MR) is 72.6 cm³/mol. The molecule has 0 amide bonds. The lowest BCUT2D eigenvalue weighted by atomic mass is 10.2. The average molecular weight is 280 g/mol. The maximum atomic E-state index is 11.0. The molecular weight excluding hydrogens is 270 g/mol. The Kier molecular flexibility index (Phi) is 3.48. The molecule has 3 N–H and O–H groups in total. The van der Waals surface area contributed by atoms with Crippen LogP contribution in [-0.4, -0.2) is 14.9 Å². The third-order valence-electron chi connectivity index (χ3n) is 2.35. The number of nitrogens with one attached hydrogen (secondary N) is 1. The van der Waals surface area contributed by atoms with Gasteiger partial charge in [-0.15, -0.1) is 0 Å². The minimum absolute atomic E-state index is 0.0342. The van der Waals surface area contributed by atoms with E-state index < -0.39 is 10.6 Å². The molecule has 1 heterocycles. The molecule has 2 aromatic rings. The highest BCUT2D eigenvalue weighted by Gasteiger charge is 2.22. The maximum Gasteiger partial charge on any atom is 0.353 e. The third-order valence-corrected chi connectivity index (χ3v) is 2.52. The van der Waals surface area contributed by atoms with Crippen LogP contribution in [0.4, 0.5) is 23.0 Å². The summed E-state index contributed by atoms with van der Waals surface area (Å²) in [6.45, 7) is 1.90. The van der Waals surface area contributed by atoms with Crippen molar-refractivity contribution in [3.8, 4) is 0 Å². The van der Waals surface area contributed by atoms with E-state index in [-0.39, 0.29) is 16.9 Å². The molecule has 1 aromatic heterocycles. The van der Waals surface area contributed by atoms with Gasteiger partial charge in [-0.2, -0.15) is 9.97 Å². The van der Waals surface area contributed by atoms with Crippen LogP contribution in [0.15, 0.2) is 24.3 Å². The fourth-order valence-electron chi connectivity index (χ4n) is 1.57. The van der Waals surface area contributed by atoms with Crippen molar-refractivity contribution in [2.24, 2.45) is 0 Å². The molecule has 8 heteroatoms. The Morgan fingerprint density at radius 1 is 1.42 bits per heavy atom. The van der Waals surface area contributed by atoms with Crippen molar-refractivity contribution in [3.05, 3.63) is 45.2 Å². The van der Waals surface area contributed by atoms with Crippen molar-refractivity contribution in [2.75, 3.05) is 11.1 Å². The molecule has 7 nitrogen and oxygen atoms in total. The Hall–Kier alpha value is -2.41. The first-order chi connectivity index (χ1) is 8.97. The molecule has 19 heavy (non-hydrogen) atoms. The number of nitrogen functional groups attached to an aromatic ring is 1. The summed E-state index contributed by atoms with van der Waals surface area (Å²) in [7, 11) is 0. The van der Waals surface area contributed by atoms with Gasteiger partial charge in [-0.1, -0.05) is 12.1 Å². The molecule has 0 aliphatic rings. The van der Waals surface area contributed by atoms with Gasteiger partial charge in [-0.3, -0.25) is 10.1 Å². The van der Waals surface area contributed by atoms with Crippen molar-refractivity contribution in [1.82, 2.24) is 9.97 Å². The number of benzene rings is 1. The van der Waals surface area contributed by atoms with Crippen LogP contribution in [0.25, 0.3) is 0 Å². The lowest BCUT2D eigenvalue weighted by Gasteiger charge is -2.08. The third kappa shape index (κ3) is 2.89. The number of nitrogens with zero attached hydrogens (tertiary/aromatic N) is 3.